The van der Waals surface area contributed by atoms with Crippen molar-refractivity contribution < 1.29 is 14.3 Å². The first-order chi connectivity index (χ1) is 17.4. The van der Waals surface area contributed by atoms with Crippen molar-refractivity contribution in [1.29, 1.82) is 0 Å². The monoisotopic (exact) mass is 492 g/mol. The zero-order valence-corrected chi connectivity index (χ0v) is 21.9. The number of likely N-dealkylation sites (tertiary alicyclic amines) is 2. The second-order valence-corrected chi connectivity index (χ2v) is 10.3. The van der Waals surface area contributed by atoms with Crippen molar-refractivity contribution in [3.05, 3.63) is 59.9 Å². The molecule has 2 fully saturated rings. The SMILES string of the molecule is CC1CCCC(C)N1C(=O)COc1ccc(C(=O)N(C)C2CCN(CCc3ccccn3)CC2)cc1. The molecule has 4 rings (SSSR count). The van der Waals surface area contributed by atoms with Gasteiger partial charge in [0.2, 0.25) is 0 Å². The van der Waals surface area contributed by atoms with Gasteiger partial charge in [-0.15, -0.1) is 0 Å². The van der Waals surface area contributed by atoms with Gasteiger partial charge in [0.05, 0.1) is 0 Å². The molecule has 2 atom stereocenters. The van der Waals surface area contributed by atoms with Crippen molar-refractivity contribution in [3.63, 3.8) is 0 Å². The first kappa shape index (κ1) is 26.1. The van der Waals surface area contributed by atoms with Gasteiger partial charge in [-0.2, -0.15) is 0 Å². The van der Waals surface area contributed by atoms with E-state index < -0.39 is 0 Å². The second-order valence-electron chi connectivity index (χ2n) is 10.3. The van der Waals surface area contributed by atoms with Gasteiger partial charge in [-0.05, 0) is 82.3 Å². The highest BCUT2D eigenvalue weighted by Gasteiger charge is 2.29. The third-order valence-corrected chi connectivity index (χ3v) is 7.78. The van der Waals surface area contributed by atoms with Gasteiger partial charge in [-0.3, -0.25) is 14.6 Å². The summed E-state index contributed by atoms with van der Waals surface area (Å²) in [4.78, 5) is 36.5. The molecule has 3 heterocycles. The summed E-state index contributed by atoms with van der Waals surface area (Å²) in [5.41, 5.74) is 1.77. The van der Waals surface area contributed by atoms with Crippen molar-refractivity contribution in [2.45, 2.75) is 70.5 Å². The molecule has 36 heavy (non-hydrogen) atoms. The summed E-state index contributed by atoms with van der Waals surface area (Å²) >= 11 is 0. The Morgan fingerprint density at radius 1 is 1.00 bits per heavy atom. The Bertz CT molecular complexity index is 979. The van der Waals surface area contributed by atoms with Gasteiger partial charge >= 0.3 is 0 Å². The van der Waals surface area contributed by atoms with Gasteiger partial charge in [0, 0.05) is 68.7 Å². The average Bonchev–Trinajstić information content (AvgIpc) is 2.91. The van der Waals surface area contributed by atoms with Crippen LogP contribution in [-0.4, -0.2) is 82.9 Å². The fraction of sp³-hybridized carbons (Fsp3) is 0.552. The number of benzene rings is 1. The number of piperidine rings is 2. The molecule has 0 radical (unpaired) electrons. The number of pyridine rings is 1. The van der Waals surface area contributed by atoms with Gasteiger partial charge in [0.25, 0.3) is 11.8 Å². The van der Waals surface area contributed by atoms with Gasteiger partial charge in [-0.25, -0.2) is 0 Å². The first-order valence-electron chi connectivity index (χ1n) is 13.4. The van der Waals surface area contributed by atoms with E-state index in [1.165, 1.54) is 6.42 Å². The van der Waals surface area contributed by atoms with E-state index in [0.29, 0.717) is 11.3 Å². The summed E-state index contributed by atoms with van der Waals surface area (Å²) in [6.45, 7) is 7.23. The summed E-state index contributed by atoms with van der Waals surface area (Å²) in [5.74, 6) is 0.669. The summed E-state index contributed by atoms with van der Waals surface area (Å²) < 4.78 is 5.77. The number of carbonyl (C=O) groups is 2. The zero-order valence-electron chi connectivity index (χ0n) is 21.9. The molecule has 2 aliphatic heterocycles. The lowest BCUT2D eigenvalue weighted by atomic mass is 9.97. The van der Waals surface area contributed by atoms with Crippen LogP contribution in [0.4, 0.5) is 0 Å². The third-order valence-electron chi connectivity index (χ3n) is 7.78. The molecule has 7 nitrogen and oxygen atoms in total. The molecule has 1 aromatic heterocycles. The lowest BCUT2D eigenvalue weighted by Crippen LogP contribution is -2.49. The maximum Gasteiger partial charge on any atom is 0.260 e. The average molecular weight is 493 g/mol. The fourth-order valence-corrected chi connectivity index (χ4v) is 5.54. The Labute approximate surface area is 215 Å². The number of aromatic nitrogens is 1. The maximum atomic E-state index is 13.1. The number of hydrogen-bond donors (Lipinski definition) is 0. The van der Waals surface area contributed by atoms with E-state index in [-0.39, 0.29) is 36.5 Å². The van der Waals surface area contributed by atoms with Crippen LogP contribution in [0.3, 0.4) is 0 Å². The number of carbonyl (C=O) groups excluding carboxylic acids is 2. The minimum atomic E-state index is 0.0283. The summed E-state index contributed by atoms with van der Waals surface area (Å²) in [6.07, 6.45) is 8.01. The quantitative estimate of drug-likeness (QED) is 0.557. The molecule has 2 aromatic rings. The topological polar surface area (TPSA) is 66.0 Å². The van der Waals surface area contributed by atoms with Gasteiger partial charge in [-0.1, -0.05) is 6.07 Å². The minimum absolute atomic E-state index is 0.0283. The molecule has 0 saturated carbocycles. The lowest BCUT2D eigenvalue weighted by molar-refractivity contribution is -0.139. The van der Waals surface area contributed by atoms with Crippen LogP contribution >= 0.6 is 0 Å². The van der Waals surface area contributed by atoms with Crippen LogP contribution in [0.25, 0.3) is 0 Å². The molecule has 194 valence electrons. The molecule has 0 N–H and O–H groups in total. The van der Waals surface area contributed by atoms with E-state index in [1.807, 2.05) is 35.2 Å². The van der Waals surface area contributed by atoms with E-state index >= 15 is 0 Å². The van der Waals surface area contributed by atoms with E-state index in [0.717, 1.165) is 57.4 Å². The molecule has 2 saturated heterocycles. The Morgan fingerprint density at radius 2 is 1.69 bits per heavy atom. The molecular formula is C29H40N4O3. The number of rotatable bonds is 8. The number of ether oxygens (including phenoxy) is 1. The number of amides is 2. The summed E-state index contributed by atoms with van der Waals surface area (Å²) in [5, 5.41) is 0. The molecule has 0 spiro atoms. The Hall–Kier alpha value is -2.93. The fourth-order valence-electron chi connectivity index (χ4n) is 5.54. The van der Waals surface area contributed by atoms with Crippen LogP contribution in [0.15, 0.2) is 48.7 Å². The van der Waals surface area contributed by atoms with Crippen molar-refractivity contribution >= 4 is 11.8 Å². The van der Waals surface area contributed by atoms with Crippen LogP contribution in [0.1, 0.15) is 62.0 Å². The molecule has 0 aliphatic carbocycles. The molecule has 2 unspecified atom stereocenters. The van der Waals surface area contributed by atoms with Crippen LogP contribution in [0.2, 0.25) is 0 Å². The van der Waals surface area contributed by atoms with Crippen molar-refractivity contribution in [2.24, 2.45) is 0 Å². The van der Waals surface area contributed by atoms with Crippen LogP contribution in [0, 0.1) is 0 Å². The highest BCUT2D eigenvalue weighted by molar-refractivity contribution is 5.94. The smallest absolute Gasteiger partial charge is 0.260 e. The number of hydrogen-bond acceptors (Lipinski definition) is 5. The first-order valence-corrected chi connectivity index (χ1v) is 13.4. The van der Waals surface area contributed by atoms with E-state index in [2.05, 4.69) is 29.8 Å². The van der Waals surface area contributed by atoms with Gasteiger partial charge < -0.3 is 19.4 Å². The molecule has 1 aromatic carbocycles. The molecule has 7 heteroatoms. The van der Waals surface area contributed by atoms with Crippen LogP contribution in [0.5, 0.6) is 5.75 Å². The number of nitrogens with zero attached hydrogens (tertiary/aromatic N) is 4. The van der Waals surface area contributed by atoms with Gasteiger partial charge in [0.1, 0.15) is 5.75 Å². The van der Waals surface area contributed by atoms with Crippen molar-refractivity contribution in [2.75, 3.05) is 33.3 Å². The Morgan fingerprint density at radius 3 is 2.33 bits per heavy atom. The van der Waals surface area contributed by atoms with Gasteiger partial charge in [0.15, 0.2) is 6.61 Å². The molecule has 2 aliphatic rings. The van der Waals surface area contributed by atoms with E-state index in [9.17, 15) is 9.59 Å². The zero-order chi connectivity index (χ0) is 25.5. The molecule has 2 amide bonds. The highest BCUT2D eigenvalue weighted by Crippen LogP contribution is 2.23. The van der Waals surface area contributed by atoms with Crippen LogP contribution < -0.4 is 4.74 Å². The van der Waals surface area contributed by atoms with Crippen molar-refractivity contribution in [1.82, 2.24) is 19.7 Å². The Kier molecular flexibility index (Phi) is 8.97. The maximum absolute atomic E-state index is 13.1. The summed E-state index contributed by atoms with van der Waals surface area (Å²) in [7, 11) is 1.90. The van der Waals surface area contributed by atoms with E-state index in [4.69, 9.17) is 4.74 Å². The second kappa shape index (κ2) is 12.3. The van der Waals surface area contributed by atoms with E-state index in [1.54, 1.807) is 24.3 Å². The van der Waals surface area contributed by atoms with Crippen LogP contribution in [-0.2, 0) is 11.2 Å². The third kappa shape index (κ3) is 6.64. The highest BCUT2D eigenvalue weighted by atomic mass is 16.5. The van der Waals surface area contributed by atoms with Crippen molar-refractivity contribution in [3.8, 4) is 5.75 Å². The summed E-state index contributed by atoms with van der Waals surface area (Å²) in [6, 6.07) is 14.0. The predicted octanol–water partition coefficient (Wildman–Crippen LogP) is 4.03. The Balaban J connectivity index is 1.22. The molecule has 0 bridgehead atoms. The minimum Gasteiger partial charge on any atom is -0.484 e. The normalized spacial score (nSPS) is 21.2. The standard InChI is InChI=1S/C29H40N4O3/c1-22-7-6-8-23(2)33(22)28(34)21-36-27-12-10-24(11-13-27)29(35)31(3)26-15-19-32(20-16-26)18-14-25-9-4-5-17-30-25/h4-5,9-13,17,22-23,26H,6-8,14-16,18-21H2,1-3H3. The lowest BCUT2D eigenvalue weighted by Gasteiger charge is -2.39. The predicted molar refractivity (Wildman–Crippen MR) is 141 cm³/mol. The molecular weight excluding hydrogens is 452 g/mol. The largest absolute Gasteiger partial charge is 0.484 e.